The number of benzene rings is 1. The van der Waals surface area contributed by atoms with Crippen LogP contribution in [0.5, 0.6) is 5.75 Å². The Balaban J connectivity index is 1.34. The quantitative estimate of drug-likeness (QED) is 0.648. The number of pyridine rings is 1. The fraction of sp³-hybridized carbons (Fsp3) is 0.391. The Kier molecular flexibility index (Phi) is 5.13. The van der Waals surface area contributed by atoms with E-state index in [0.717, 1.165) is 24.0 Å². The van der Waals surface area contributed by atoms with Gasteiger partial charge in [0.2, 0.25) is 0 Å². The monoisotopic (exact) mass is 436 g/mol. The second kappa shape index (κ2) is 7.98. The molecule has 5 rings (SSSR count). The highest BCUT2D eigenvalue weighted by Crippen LogP contribution is 2.34. The van der Waals surface area contributed by atoms with Crippen molar-refractivity contribution < 1.29 is 9.50 Å². The second-order valence-electron chi connectivity index (χ2n) is 8.69. The summed E-state index contributed by atoms with van der Waals surface area (Å²) in [6.07, 6.45) is 4.70. The molecule has 8 nitrogen and oxygen atoms in total. The van der Waals surface area contributed by atoms with Crippen LogP contribution in [0.3, 0.4) is 0 Å². The lowest BCUT2D eigenvalue weighted by Crippen LogP contribution is -2.48. The van der Waals surface area contributed by atoms with Gasteiger partial charge in [-0.1, -0.05) is 6.07 Å². The maximum atomic E-state index is 14.0. The van der Waals surface area contributed by atoms with Crippen LogP contribution in [0.25, 0.3) is 22.5 Å². The molecule has 9 heteroatoms. The molecule has 2 bridgehead atoms. The number of nitrogens with zero attached hydrogens (tertiary/aromatic N) is 5. The molecular formula is C23H25FN6O2. The number of hydrogen-bond acceptors (Lipinski definition) is 7. The van der Waals surface area contributed by atoms with Crippen molar-refractivity contribution in [2.45, 2.75) is 43.6 Å². The highest BCUT2D eigenvalue weighted by Gasteiger charge is 2.42. The number of nitrogens with one attached hydrogen (secondary N) is 1. The number of piperidine rings is 1. The highest BCUT2D eigenvalue weighted by molar-refractivity contribution is 5.72. The summed E-state index contributed by atoms with van der Waals surface area (Å²) in [5.41, 5.74) is 1.78. The zero-order valence-electron chi connectivity index (χ0n) is 17.9. The third-order valence-corrected chi connectivity index (χ3v) is 6.61. The zero-order valence-corrected chi connectivity index (χ0v) is 17.9. The minimum Gasteiger partial charge on any atom is -0.507 e. The predicted molar refractivity (Wildman–Crippen MR) is 119 cm³/mol. The van der Waals surface area contributed by atoms with Crippen molar-refractivity contribution >= 4 is 5.82 Å². The SMILES string of the molecule is CN(c1cnc(-c2ccc(-c3ccn(C)c(=O)c3)cc2O)nn1)[C@@H]1C[C@@H]2C[C@@H](F)[C@@H](C1)N2. The molecule has 0 amide bonds. The Labute approximate surface area is 184 Å². The molecule has 0 radical (unpaired) electrons. The zero-order chi connectivity index (χ0) is 22.4. The first-order valence-electron chi connectivity index (χ1n) is 10.7. The maximum Gasteiger partial charge on any atom is 0.250 e. The van der Waals surface area contributed by atoms with Gasteiger partial charge in [0.25, 0.3) is 5.56 Å². The number of anilines is 1. The van der Waals surface area contributed by atoms with Crippen LogP contribution in [0.2, 0.25) is 0 Å². The minimum absolute atomic E-state index is 0.00926. The molecule has 1 aromatic carbocycles. The lowest BCUT2D eigenvalue weighted by atomic mass is 9.98. The Morgan fingerprint density at radius 3 is 2.66 bits per heavy atom. The van der Waals surface area contributed by atoms with Gasteiger partial charge in [-0.05, 0) is 48.6 Å². The van der Waals surface area contributed by atoms with Gasteiger partial charge in [-0.15, -0.1) is 10.2 Å². The fourth-order valence-corrected chi connectivity index (χ4v) is 4.69. The van der Waals surface area contributed by atoms with Crippen molar-refractivity contribution in [3.05, 3.63) is 53.1 Å². The summed E-state index contributed by atoms with van der Waals surface area (Å²) in [6, 6.07) is 8.75. The number of alkyl halides is 1. The molecule has 3 aromatic rings. The molecule has 0 spiro atoms. The van der Waals surface area contributed by atoms with E-state index in [-0.39, 0.29) is 29.4 Å². The van der Waals surface area contributed by atoms with E-state index in [4.69, 9.17) is 0 Å². The number of aryl methyl sites for hydroxylation is 1. The van der Waals surface area contributed by atoms with Crippen molar-refractivity contribution in [2.24, 2.45) is 7.05 Å². The Bertz CT molecular complexity index is 1200. The average molecular weight is 436 g/mol. The molecule has 2 saturated heterocycles. The standard InChI is InChI=1S/C23H25FN6O2/c1-29-6-5-14(8-22(29)32)13-3-4-17(20(31)7-13)23-25-12-21(27-28-23)30(2)16-9-15-10-18(24)19(11-16)26-15/h3-8,12,15-16,18-19,26,31H,9-11H2,1-2H3/t15-,16-,18-,19-/m1/s1. The Morgan fingerprint density at radius 2 is 1.97 bits per heavy atom. The number of aromatic hydroxyl groups is 1. The number of phenols is 1. The summed E-state index contributed by atoms with van der Waals surface area (Å²) >= 11 is 0. The number of rotatable bonds is 4. The van der Waals surface area contributed by atoms with E-state index in [1.54, 1.807) is 31.6 Å². The van der Waals surface area contributed by atoms with Gasteiger partial charge in [-0.3, -0.25) is 4.79 Å². The summed E-state index contributed by atoms with van der Waals surface area (Å²) in [4.78, 5) is 18.3. The third kappa shape index (κ3) is 3.73. The van der Waals surface area contributed by atoms with Crippen molar-refractivity contribution in [3.8, 4) is 28.3 Å². The molecule has 4 atom stereocenters. The lowest BCUT2D eigenvalue weighted by Gasteiger charge is -2.35. The largest absolute Gasteiger partial charge is 0.507 e. The molecule has 2 fully saturated rings. The molecule has 32 heavy (non-hydrogen) atoms. The van der Waals surface area contributed by atoms with E-state index >= 15 is 0 Å². The summed E-state index contributed by atoms with van der Waals surface area (Å²) < 4.78 is 15.5. The topological polar surface area (TPSA) is 96.2 Å². The second-order valence-corrected chi connectivity index (χ2v) is 8.69. The smallest absolute Gasteiger partial charge is 0.250 e. The van der Waals surface area contributed by atoms with E-state index < -0.39 is 6.17 Å². The number of hydrogen-bond donors (Lipinski definition) is 2. The molecule has 2 aromatic heterocycles. The van der Waals surface area contributed by atoms with Crippen molar-refractivity contribution in [1.29, 1.82) is 0 Å². The molecule has 0 unspecified atom stereocenters. The first-order valence-corrected chi connectivity index (χ1v) is 10.7. The average Bonchev–Trinajstić information content (AvgIpc) is 3.05. The molecule has 0 saturated carbocycles. The van der Waals surface area contributed by atoms with Crippen molar-refractivity contribution in [1.82, 2.24) is 25.1 Å². The van der Waals surface area contributed by atoms with Crippen LogP contribution in [0, 0.1) is 0 Å². The molecule has 4 heterocycles. The molecule has 2 aliphatic heterocycles. The van der Waals surface area contributed by atoms with Crippen LogP contribution in [0.4, 0.5) is 10.2 Å². The van der Waals surface area contributed by atoms with Crippen molar-refractivity contribution in [3.63, 3.8) is 0 Å². The van der Waals surface area contributed by atoms with Gasteiger partial charge in [0, 0.05) is 44.5 Å². The number of fused-ring (bicyclic) bond motifs is 2. The van der Waals surface area contributed by atoms with Gasteiger partial charge in [0.15, 0.2) is 11.6 Å². The predicted octanol–water partition coefficient (Wildman–Crippen LogP) is 2.28. The van der Waals surface area contributed by atoms with Gasteiger partial charge in [-0.25, -0.2) is 9.37 Å². The first-order chi connectivity index (χ1) is 15.4. The van der Waals surface area contributed by atoms with Crippen LogP contribution in [0.15, 0.2) is 47.5 Å². The van der Waals surface area contributed by atoms with Gasteiger partial charge < -0.3 is 19.9 Å². The van der Waals surface area contributed by atoms with Gasteiger partial charge >= 0.3 is 0 Å². The van der Waals surface area contributed by atoms with Crippen LogP contribution in [-0.4, -0.2) is 56.2 Å². The van der Waals surface area contributed by atoms with Crippen LogP contribution < -0.4 is 15.8 Å². The number of aromatic nitrogens is 4. The lowest BCUT2D eigenvalue weighted by molar-refractivity contribution is 0.274. The fourth-order valence-electron chi connectivity index (χ4n) is 4.69. The first kappa shape index (κ1) is 20.6. The van der Waals surface area contributed by atoms with Crippen LogP contribution in [0.1, 0.15) is 19.3 Å². The molecule has 166 valence electrons. The van der Waals surface area contributed by atoms with E-state index in [1.807, 2.05) is 24.1 Å². The maximum absolute atomic E-state index is 14.0. The van der Waals surface area contributed by atoms with E-state index in [0.29, 0.717) is 23.6 Å². The van der Waals surface area contributed by atoms with Gasteiger partial charge in [0.1, 0.15) is 11.9 Å². The number of halogens is 1. The Morgan fingerprint density at radius 1 is 1.16 bits per heavy atom. The van der Waals surface area contributed by atoms with E-state index in [1.165, 1.54) is 10.6 Å². The molecule has 0 aliphatic carbocycles. The van der Waals surface area contributed by atoms with Crippen molar-refractivity contribution in [2.75, 3.05) is 11.9 Å². The van der Waals surface area contributed by atoms with Gasteiger partial charge in [-0.2, -0.15) is 0 Å². The summed E-state index contributed by atoms with van der Waals surface area (Å²) in [6.45, 7) is 0. The van der Waals surface area contributed by atoms with Crippen LogP contribution in [-0.2, 0) is 7.05 Å². The normalized spacial score (nSPS) is 24.5. The molecular weight excluding hydrogens is 411 g/mol. The summed E-state index contributed by atoms with van der Waals surface area (Å²) in [5.74, 6) is 0.936. The third-order valence-electron chi connectivity index (χ3n) is 6.61. The van der Waals surface area contributed by atoms with Crippen LogP contribution >= 0.6 is 0 Å². The molecule has 2 N–H and O–H groups in total. The molecule has 2 aliphatic rings. The number of phenolic OH excluding ortho intramolecular Hbond substituents is 1. The summed E-state index contributed by atoms with van der Waals surface area (Å²) in [5, 5.41) is 22.4. The Hall–Kier alpha value is -3.33. The minimum atomic E-state index is -0.783. The highest BCUT2D eigenvalue weighted by atomic mass is 19.1. The summed E-state index contributed by atoms with van der Waals surface area (Å²) in [7, 11) is 3.62. The van der Waals surface area contributed by atoms with E-state index in [2.05, 4.69) is 20.5 Å². The van der Waals surface area contributed by atoms with E-state index in [9.17, 15) is 14.3 Å². The van der Waals surface area contributed by atoms with Gasteiger partial charge in [0.05, 0.1) is 11.8 Å².